The summed E-state index contributed by atoms with van der Waals surface area (Å²) in [6.45, 7) is 1.90. The van der Waals surface area contributed by atoms with E-state index in [1.54, 1.807) is 12.1 Å². The number of halogens is 3. The number of hydrogen-bond acceptors (Lipinski definition) is 2. The first-order valence-electron chi connectivity index (χ1n) is 5.45. The molecule has 0 aliphatic rings. The molecule has 0 fully saturated rings. The Morgan fingerprint density at radius 3 is 2.63 bits per heavy atom. The molecule has 0 aliphatic carbocycles. The molecule has 0 saturated carbocycles. The molecule has 19 heavy (non-hydrogen) atoms. The highest BCUT2D eigenvalue weighted by molar-refractivity contribution is 9.10. The topological polar surface area (TPSA) is 35.8 Å². The van der Waals surface area contributed by atoms with Crippen LogP contribution in [0.2, 0.25) is 10.0 Å². The molecule has 2 rings (SSSR count). The first kappa shape index (κ1) is 14.2. The predicted octanol–water partition coefficient (Wildman–Crippen LogP) is 5.68. The Morgan fingerprint density at radius 2 is 1.95 bits per heavy atom. The van der Waals surface area contributed by atoms with Crippen molar-refractivity contribution in [1.82, 2.24) is 0 Å². The smallest absolute Gasteiger partial charge is 0.103 e. The summed E-state index contributed by atoms with van der Waals surface area (Å²) in [5.41, 5.74) is 2.70. The SMILES string of the molecule is Cc1ccc(Cl)c(Nc2cccc(Br)c2C#N)c1Cl. The van der Waals surface area contributed by atoms with E-state index in [1.165, 1.54) is 0 Å². The third kappa shape index (κ3) is 2.87. The zero-order valence-electron chi connectivity index (χ0n) is 9.97. The molecule has 5 heteroatoms. The van der Waals surface area contributed by atoms with E-state index < -0.39 is 0 Å². The van der Waals surface area contributed by atoms with Crippen molar-refractivity contribution in [2.75, 3.05) is 5.32 Å². The molecule has 0 aliphatic heterocycles. The van der Waals surface area contributed by atoms with Crippen molar-refractivity contribution in [3.05, 3.63) is 56.0 Å². The average molecular weight is 356 g/mol. The van der Waals surface area contributed by atoms with Gasteiger partial charge in [-0.3, -0.25) is 0 Å². The van der Waals surface area contributed by atoms with Gasteiger partial charge < -0.3 is 5.32 Å². The van der Waals surface area contributed by atoms with Gasteiger partial charge >= 0.3 is 0 Å². The molecule has 2 aromatic carbocycles. The zero-order chi connectivity index (χ0) is 14.0. The quantitative estimate of drug-likeness (QED) is 0.752. The fourth-order valence-electron chi connectivity index (χ4n) is 1.65. The Bertz CT molecular complexity index is 678. The first-order chi connectivity index (χ1) is 9.04. The summed E-state index contributed by atoms with van der Waals surface area (Å²) in [6, 6.07) is 11.2. The second-order valence-electron chi connectivity index (χ2n) is 3.95. The normalized spacial score (nSPS) is 10.1. The Hall–Kier alpha value is -1.21. The van der Waals surface area contributed by atoms with Crippen LogP contribution in [0, 0.1) is 18.3 Å². The number of nitrogens with zero attached hydrogens (tertiary/aromatic N) is 1. The number of rotatable bonds is 2. The number of anilines is 2. The predicted molar refractivity (Wildman–Crippen MR) is 83.3 cm³/mol. The molecule has 0 atom stereocenters. The fourth-order valence-corrected chi connectivity index (χ4v) is 2.57. The van der Waals surface area contributed by atoms with Crippen LogP contribution in [0.25, 0.3) is 0 Å². The van der Waals surface area contributed by atoms with Crippen molar-refractivity contribution in [3.63, 3.8) is 0 Å². The van der Waals surface area contributed by atoms with Gasteiger partial charge in [0.05, 0.1) is 27.0 Å². The lowest BCUT2D eigenvalue weighted by Gasteiger charge is -2.13. The number of nitrogens with one attached hydrogen (secondary N) is 1. The molecule has 0 aromatic heterocycles. The number of nitriles is 1. The number of aryl methyl sites for hydroxylation is 1. The molecule has 2 nitrogen and oxygen atoms in total. The molecular formula is C14H9BrCl2N2. The van der Waals surface area contributed by atoms with Crippen molar-refractivity contribution in [2.45, 2.75) is 6.92 Å². The number of hydrogen-bond donors (Lipinski definition) is 1. The maximum Gasteiger partial charge on any atom is 0.103 e. The summed E-state index contributed by atoms with van der Waals surface area (Å²) in [5, 5.41) is 13.4. The lowest BCUT2D eigenvalue weighted by Crippen LogP contribution is -1.97. The van der Waals surface area contributed by atoms with E-state index in [0.29, 0.717) is 27.0 Å². The summed E-state index contributed by atoms with van der Waals surface area (Å²) >= 11 is 15.7. The van der Waals surface area contributed by atoms with E-state index in [1.807, 2.05) is 25.1 Å². The van der Waals surface area contributed by atoms with Gasteiger partial charge in [0.2, 0.25) is 0 Å². The maximum absolute atomic E-state index is 9.18. The second-order valence-corrected chi connectivity index (χ2v) is 5.59. The molecule has 0 spiro atoms. The van der Waals surface area contributed by atoms with Crippen molar-refractivity contribution >= 4 is 50.5 Å². The molecule has 0 heterocycles. The van der Waals surface area contributed by atoms with Crippen LogP contribution in [0.15, 0.2) is 34.8 Å². The molecule has 1 N–H and O–H groups in total. The highest BCUT2D eigenvalue weighted by Crippen LogP contribution is 2.36. The zero-order valence-corrected chi connectivity index (χ0v) is 13.1. The lowest BCUT2D eigenvalue weighted by atomic mass is 10.1. The van der Waals surface area contributed by atoms with Crippen LogP contribution in [0.1, 0.15) is 11.1 Å². The van der Waals surface area contributed by atoms with Crippen LogP contribution in [0.4, 0.5) is 11.4 Å². The van der Waals surface area contributed by atoms with Gasteiger partial charge in [-0.05, 0) is 46.6 Å². The number of benzene rings is 2. The van der Waals surface area contributed by atoms with E-state index in [4.69, 9.17) is 23.2 Å². The van der Waals surface area contributed by atoms with Gasteiger partial charge in [-0.25, -0.2) is 0 Å². The van der Waals surface area contributed by atoms with Gasteiger partial charge in [0.1, 0.15) is 6.07 Å². The largest absolute Gasteiger partial charge is 0.352 e. The molecule has 0 saturated heterocycles. The van der Waals surface area contributed by atoms with Crippen molar-refractivity contribution < 1.29 is 0 Å². The minimum Gasteiger partial charge on any atom is -0.352 e. The van der Waals surface area contributed by atoms with E-state index in [0.717, 1.165) is 10.0 Å². The van der Waals surface area contributed by atoms with Crippen molar-refractivity contribution in [3.8, 4) is 6.07 Å². The van der Waals surface area contributed by atoms with Crippen LogP contribution in [-0.4, -0.2) is 0 Å². The fraction of sp³-hybridized carbons (Fsp3) is 0.0714. The molecule has 0 radical (unpaired) electrons. The van der Waals surface area contributed by atoms with Gasteiger partial charge in [0.25, 0.3) is 0 Å². The summed E-state index contributed by atoms with van der Waals surface area (Å²) in [6.07, 6.45) is 0. The summed E-state index contributed by atoms with van der Waals surface area (Å²) < 4.78 is 0.722. The van der Waals surface area contributed by atoms with Crippen molar-refractivity contribution in [2.24, 2.45) is 0 Å². The van der Waals surface area contributed by atoms with E-state index in [9.17, 15) is 5.26 Å². The highest BCUT2D eigenvalue weighted by Gasteiger charge is 2.12. The van der Waals surface area contributed by atoms with Gasteiger partial charge in [-0.1, -0.05) is 35.3 Å². The Balaban J connectivity index is 2.52. The van der Waals surface area contributed by atoms with Crippen LogP contribution < -0.4 is 5.32 Å². The van der Waals surface area contributed by atoms with Crippen LogP contribution in [0.5, 0.6) is 0 Å². The van der Waals surface area contributed by atoms with E-state index in [2.05, 4.69) is 27.3 Å². The average Bonchev–Trinajstić information content (AvgIpc) is 2.39. The molecule has 0 bridgehead atoms. The Kier molecular flexibility index (Phi) is 4.36. The lowest BCUT2D eigenvalue weighted by molar-refractivity contribution is 1.42. The monoisotopic (exact) mass is 354 g/mol. The molecule has 0 amide bonds. The molecular weight excluding hydrogens is 347 g/mol. The van der Waals surface area contributed by atoms with Gasteiger partial charge in [0.15, 0.2) is 0 Å². The molecule has 2 aromatic rings. The maximum atomic E-state index is 9.18. The van der Waals surface area contributed by atoms with Crippen LogP contribution in [0.3, 0.4) is 0 Å². The minimum atomic E-state index is 0.510. The standard InChI is InChI=1S/C14H9BrCl2N2/c1-8-5-6-11(16)14(13(8)17)19-12-4-2-3-10(15)9(12)7-18/h2-6,19H,1H3. The van der Waals surface area contributed by atoms with Gasteiger partial charge in [-0.15, -0.1) is 0 Å². The Morgan fingerprint density at radius 1 is 1.21 bits per heavy atom. The summed E-state index contributed by atoms with van der Waals surface area (Å²) in [4.78, 5) is 0. The molecule has 0 unspecified atom stereocenters. The second kappa shape index (κ2) is 5.83. The van der Waals surface area contributed by atoms with E-state index in [-0.39, 0.29) is 0 Å². The van der Waals surface area contributed by atoms with Gasteiger partial charge in [0, 0.05) is 4.47 Å². The van der Waals surface area contributed by atoms with Crippen LogP contribution >= 0.6 is 39.1 Å². The third-order valence-corrected chi connectivity index (χ3v) is 4.13. The Labute approximate surface area is 130 Å². The van der Waals surface area contributed by atoms with Crippen molar-refractivity contribution in [1.29, 1.82) is 5.26 Å². The van der Waals surface area contributed by atoms with Gasteiger partial charge in [-0.2, -0.15) is 5.26 Å². The highest BCUT2D eigenvalue weighted by atomic mass is 79.9. The summed E-state index contributed by atoms with van der Waals surface area (Å²) in [5.74, 6) is 0. The van der Waals surface area contributed by atoms with Crippen LogP contribution in [-0.2, 0) is 0 Å². The van der Waals surface area contributed by atoms with E-state index >= 15 is 0 Å². The third-order valence-electron chi connectivity index (χ3n) is 2.67. The summed E-state index contributed by atoms with van der Waals surface area (Å²) in [7, 11) is 0. The molecule has 96 valence electrons. The minimum absolute atomic E-state index is 0.510. The first-order valence-corrected chi connectivity index (χ1v) is 6.99.